The maximum atomic E-state index is 13.4. The molecule has 0 bridgehead atoms. The summed E-state index contributed by atoms with van der Waals surface area (Å²) in [5.74, 6) is -1.46. The number of carboxylic acid groups (broad SMARTS) is 1. The maximum Gasteiger partial charge on any atom is 0.305 e. The smallest absolute Gasteiger partial charge is 0.305 e. The number of ether oxygens (including phenoxy) is 1. The standard InChI is InChI=1S/C16H24FN3O4/c1-19-16(23)13(10-15(21)22)20-7-8-24-14-9-12(17)5-4-11(14)3-2-6-18/h4-5,9,13,20H,2-3,6-8,10,18H2,1H3,(H,19,23)(H,21,22)/t13-/m0/s1. The number of hydrogen-bond acceptors (Lipinski definition) is 5. The number of rotatable bonds is 11. The Kier molecular flexibility index (Phi) is 8.74. The summed E-state index contributed by atoms with van der Waals surface area (Å²) in [6, 6.07) is 3.48. The molecule has 0 aliphatic heterocycles. The van der Waals surface area contributed by atoms with Crippen molar-refractivity contribution < 1.29 is 23.8 Å². The molecule has 0 saturated heterocycles. The second-order valence-corrected chi connectivity index (χ2v) is 5.21. The Morgan fingerprint density at radius 3 is 2.79 bits per heavy atom. The van der Waals surface area contributed by atoms with E-state index in [9.17, 15) is 14.0 Å². The zero-order valence-corrected chi connectivity index (χ0v) is 13.7. The van der Waals surface area contributed by atoms with Crippen molar-refractivity contribution in [3.63, 3.8) is 0 Å². The molecule has 0 aliphatic carbocycles. The molecule has 0 saturated carbocycles. The van der Waals surface area contributed by atoms with Gasteiger partial charge in [-0.05, 0) is 31.0 Å². The van der Waals surface area contributed by atoms with Gasteiger partial charge in [-0.3, -0.25) is 9.59 Å². The second-order valence-electron chi connectivity index (χ2n) is 5.21. The number of carboxylic acids is 1. The molecule has 134 valence electrons. The third kappa shape index (κ3) is 6.93. The molecule has 7 nitrogen and oxygen atoms in total. The van der Waals surface area contributed by atoms with E-state index in [0.717, 1.165) is 12.0 Å². The van der Waals surface area contributed by atoms with Crippen LogP contribution in [0.15, 0.2) is 18.2 Å². The first-order valence-corrected chi connectivity index (χ1v) is 7.76. The fourth-order valence-corrected chi connectivity index (χ4v) is 2.16. The maximum absolute atomic E-state index is 13.4. The molecule has 0 unspecified atom stereocenters. The summed E-state index contributed by atoms with van der Waals surface area (Å²) in [5.41, 5.74) is 6.34. The molecule has 0 heterocycles. The fourth-order valence-electron chi connectivity index (χ4n) is 2.16. The van der Waals surface area contributed by atoms with Gasteiger partial charge in [0.25, 0.3) is 0 Å². The average molecular weight is 341 g/mol. The molecular weight excluding hydrogens is 317 g/mol. The minimum atomic E-state index is -1.08. The largest absolute Gasteiger partial charge is 0.492 e. The Hall–Kier alpha value is -2.19. The Labute approximate surface area is 140 Å². The molecule has 5 N–H and O–H groups in total. The molecule has 1 amide bonds. The van der Waals surface area contributed by atoms with E-state index in [1.54, 1.807) is 6.07 Å². The summed E-state index contributed by atoms with van der Waals surface area (Å²) in [6.07, 6.45) is 1.11. The van der Waals surface area contributed by atoms with Gasteiger partial charge in [0.1, 0.15) is 18.2 Å². The lowest BCUT2D eigenvalue weighted by Gasteiger charge is -2.16. The zero-order valence-electron chi connectivity index (χ0n) is 13.7. The predicted molar refractivity (Wildman–Crippen MR) is 87.4 cm³/mol. The number of hydrogen-bond donors (Lipinski definition) is 4. The van der Waals surface area contributed by atoms with Crippen molar-refractivity contribution in [2.45, 2.75) is 25.3 Å². The van der Waals surface area contributed by atoms with Crippen molar-refractivity contribution in [1.82, 2.24) is 10.6 Å². The highest BCUT2D eigenvalue weighted by molar-refractivity contribution is 5.85. The van der Waals surface area contributed by atoms with Crippen molar-refractivity contribution in [1.29, 1.82) is 0 Å². The van der Waals surface area contributed by atoms with Gasteiger partial charge in [0, 0.05) is 19.7 Å². The van der Waals surface area contributed by atoms with Gasteiger partial charge in [-0.1, -0.05) is 6.07 Å². The van der Waals surface area contributed by atoms with Crippen molar-refractivity contribution in [3.05, 3.63) is 29.6 Å². The molecule has 24 heavy (non-hydrogen) atoms. The first-order valence-electron chi connectivity index (χ1n) is 7.76. The summed E-state index contributed by atoms with van der Waals surface area (Å²) >= 11 is 0. The van der Waals surface area contributed by atoms with Crippen molar-refractivity contribution >= 4 is 11.9 Å². The summed E-state index contributed by atoms with van der Waals surface area (Å²) in [6.45, 7) is 0.950. The summed E-state index contributed by atoms with van der Waals surface area (Å²) in [4.78, 5) is 22.4. The predicted octanol–water partition coefficient (Wildman–Crippen LogP) is 0.275. The molecule has 1 atom stereocenters. The second kappa shape index (κ2) is 10.6. The van der Waals surface area contributed by atoms with Crippen LogP contribution in [-0.4, -0.2) is 49.8 Å². The lowest BCUT2D eigenvalue weighted by Crippen LogP contribution is -2.45. The van der Waals surface area contributed by atoms with E-state index in [1.165, 1.54) is 19.2 Å². The van der Waals surface area contributed by atoms with Crippen molar-refractivity contribution in [2.75, 3.05) is 26.7 Å². The van der Waals surface area contributed by atoms with Crippen LogP contribution in [0.3, 0.4) is 0 Å². The number of nitrogens with two attached hydrogens (primary N) is 1. The summed E-state index contributed by atoms with van der Waals surface area (Å²) < 4.78 is 18.9. The van der Waals surface area contributed by atoms with E-state index in [2.05, 4.69) is 10.6 Å². The summed E-state index contributed by atoms with van der Waals surface area (Å²) in [5, 5.41) is 14.0. The lowest BCUT2D eigenvalue weighted by molar-refractivity contribution is -0.139. The van der Waals surface area contributed by atoms with Crippen molar-refractivity contribution in [2.24, 2.45) is 5.73 Å². The minimum Gasteiger partial charge on any atom is -0.492 e. The molecule has 1 aromatic rings. The number of benzene rings is 1. The fraction of sp³-hybridized carbons (Fsp3) is 0.500. The molecular formula is C16H24FN3O4. The van der Waals surface area contributed by atoms with Crippen LogP contribution in [0, 0.1) is 5.82 Å². The van der Waals surface area contributed by atoms with E-state index in [0.29, 0.717) is 18.7 Å². The van der Waals surface area contributed by atoms with Crippen molar-refractivity contribution in [3.8, 4) is 5.75 Å². The van der Waals surface area contributed by atoms with Crippen LogP contribution in [0.5, 0.6) is 5.75 Å². The number of amides is 1. The number of nitrogens with one attached hydrogen (secondary N) is 2. The monoisotopic (exact) mass is 341 g/mol. The molecule has 1 rings (SSSR count). The highest BCUT2D eigenvalue weighted by Gasteiger charge is 2.19. The normalized spacial score (nSPS) is 11.8. The quantitative estimate of drug-likeness (QED) is 0.430. The molecule has 0 spiro atoms. The number of halogens is 1. The highest BCUT2D eigenvalue weighted by Crippen LogP contribution is 2.21. The Morgan fingerprint density at radius 2 is 2.17 bits per heavy atom. The summed E-state index contributed by atoms with van der Waals surface area (Å²) in [7, 11) is 1.44. The van der Waals surface area contributed by atoms with Crippen LogP contribution in [0.2, 0.25) is 0 Å². The van der Waals surface area contributed by atoms with Gasteiger partial charge in [-0.2, -0.15) is 0 Å². The number of carbonyl (C=O) groups is 2. The van der Waals surface area contributed by atoms with Gasteiger partial charge in [-0.15, -0.1) is 0 Å². The first-order chi connectivity index (χ1) is 11.5. The number of likely N-dealkylation sites (N-methyl/N-ethyl adjacent to an activating group) is 1. The molecule has 0 aromatic heterocycles. The third-order valence-corrected chi connectivity index (χ3v) is 3.37. The number of aliphatic carboxylic acids is 1. The average Bonchev–Trinajstić information content (AvgIpc) is 2.55. The Balaban J connectivity index is 2.55. The first kappa shape index (κ1) is 19.9. The van der Waals surface area contributed by atoms with E-state index in [1.807, 2.05) is 0 Å². The molecule has 1 aromatic carbocycles. The van der Waals surface area contributed by atoms with Gasteiger partial charge in [0.15, 0.2) is 0 Å². The van der Waals surface area contributed by atoms with Crippen LogP contribution >= 0.6 is 0 Å². The van der Waals surface area contributed by atoms with Crippen LogP contribution in [0.25, 0.3) is 0 Å². The van der Waals surface area contributed by atoms with E-state index >= 15 is 0 Å². The van der Waals surface area contributed by atoms with Gasteiger partial charge >= 0.3 is 5.97 Å². The molecule has 0 fully saturated rings. The topological polar surface area (TPSA) is 114 Å². The van der Waals surface area contributed by atoms with Crippen LogP contribution in [0.1, 0.15) is 18.4 Å². The van der Waals surface area contributed by atoms with Gasteiger partial charge < -0.3 is 26.2 Å². The lowest BCUT2D eigenvalue weighted by atomic mass is 10.1. The zero-order chi connectivity index (χ0) is 17.9. The molecule has 0 aliphatic rings. The van der Waals surface area contributed by atoms with Gasteiger partial charge in [-0.25, -0.2) is 4.39 Å². The SMILES string of the molecule is CNC(=O)[C@H](CC(=O)O)NCCOc1cc(F)ccc1CCCN. The number of aryl methyl sites for hydroxylation is 1. The van der Waals surface area contributed by atoms with E-state index in [4.69, 9.17) is 15.6 Å². The number of carbonyl (C=O) groups excluding carboxylic acids is 1. The van der Waals surface area contributed by atoms with E-state index in [-0.39, 0.29) is 19.6 Å². The van der Waals surface area contributed by atoms with Crippen LogP contribution < -0.4 is 21.1 Å². The third-order valence-electron chi connectivity index (χ3n) is 3.37. The minimum absolute atomic E-state index is 0.173. The van der Waals surface area contributed by atoms with E-state index < -0.39 is 23.7 Å². The van der Waals surface area contributed by atoms with Crippen LogP contribution in [-0.2, 0) is 16.0 Å². The highest BCUT2D eigenvalue weighted by atomic mass is 19.1. The van der Waals surface area contributed by atoms with Gasteiger partial charge in [0.05, 0.1) is 12.5 Å². The van der Waals surface area contributed by atoms with Crippen LogP contribution in [0.4, 0.5) is 4.39 Å². The molecule has 8 heteroatoms. The Bertz CT molecular complexity index is 554. The molecule has 0 radical (unpaired) electrons. The Morgan fingerprint density at radius 1 is 1.42 bits per heavy atom. The van der Waals surface area contributed by atoms with Gasteiger partial charge in [0.2, 0.25) is 5.91 Å².